The number of nitrogens with one attached hydrogen (secondary N) is 1. The van der Waals surface area contributed by atoms with E-state index < -0.39 is 0 Å². The molecule has 0 amide bonds. The Kier molecular flexibility index (Phi) is 2.42. The maximum atomic E-state index is 12.4. The second kappa shape index (κ2) is 3.82. The molecule has 4 nitrogen and oxygen atoms in total. The second-order valence-corrected chi connectivity index (χ2v) is 4.68. The fraction of sp³-hybridized carbons (Fsp3) is 0.333. The lowest BCUT2D eigenvalue weighted by molar-refractivity contribution is 0.335. The molecule has 0 bridgehead atoms. The van der Waals surface area contributed by atoms with Gasteiger partial charge in [0, 0.05) is 13.1 Å². The third-order valence-corrected chi connectivity index (χ3v) is 3.49. The SMILES string of the molecule is Cc1cccc2nc(Cl)n(C3CNC3)c(=O)c12. The number of aryl methyl sites for hydroxylation is 1. The molecule has 3 rings (SSSR count). The van der Waals surface area contributed by atoms with Gasteiger partial charge in [0.15, 0.2) is 0 Å². The standard InChI is InChI=1S/C12H12ClN3O/c1-7-3-2-4-9-10(7)11(17)16(12(13)15-9)8-5-14-6-8/h2-4,8,14H,5-6H2,1H3. The first-order chi connectivity index (χ1) is 8.18. The van der Waals surface area contributed by atoms with Gasteiger partial charge in [0.1, 0.15) is 0 Å². The summed E-state index contributed by atoms with van der Waals surface area (Å²) in [5, 5.41) is 4.08. The Morgan fingerprint density at radius 2 is 2.24 bits per heavy atom. The molecule has 88 valence electrons. The molecule has 1 aliphatic rings. The van der Waals surface area contributed by atoms with E-state index in [0.717, 1.165) is 18.7 Å². The van der Waals surface area contributed by atoms with Crippen molar-refractivity contribution >= 4 is 22.5 Å². The van der Waals surface area contributed by atoms with Gasteiger partial charge in [-0.1, -0.05) is 12.1 Å². The van der Waals surface area contributed by atoms with Crippen LogP contribution in [0.15, 0.2) is 23.0 Å². The summed E-state index contributed by atoms with van der Waals surface area (Å²) in [5.74, 6) is 0. The molecule has 0 aliphatic carbocycles. The van der Waals surface area contributed by atoms with Crippen LogP contribution in [0.25, 0.3) is 10.9 Å². The topological polar surface area (TPSA) is 46.9 Å². The van der Waals surface area contributed by atoms with Crippen LogP contribution in [0.4, 0.5) is 0 Å². The Morgan fingerprint density at radius 1 is 1.47 bits per heavy atom. The maximum absolute atomic E-state index is 12.4. The van der Waals surface area contributed by atoms with E-state index in [4.69, 9.17) is 11.6 Å². The van der Waals surface area contributed by atoms with Gasteiger partial charge in [-0.05, 0) is 30.2 Å². The molecular weight excluding hydrogens is 238 g/mol. The zero-order valence-electron chi connectivity index (χ0n) is 9.40. The monoisotopic (exact) mass is 249 g/mol. The first-order valence-corrected chi connectivity index (χ1v) is 5.94. The second-order valence-electron chi connectivity index (χ2n) is 4.34. The third kappa shape index (κ3) is 1.56. The third-order valence-electron chi connectivity index (χ3n) is 3.22. The van der Waals surface area contributed by atoms with Gasteiger partial charge < -0.3 is 5.32 Å². The van der Waals surface area contributed by atoms with Crippen molar-refractivity contribution in [3.8, 4) is 0 Å². The predicted molar refractivity (Wildman–Crippen MR) is 67.7 cm³/mol. The van der Waals surface area contributed by atoms with Gasteiger partial charge in [0.2, 0.25) is 5.28 Å². The van der Waals surface area contributed by atoms with E-state index in [9.17, 15) is 4.79 Å². The van der Waals surface area contributed by atoms with Crippen LogP contribution in [0.1, 0.15) is 11.6 Å². The average molecular weight is 250 g/mol. The van der Waals surface area contributed by atoms with Gasteiger partial charge in [-0.25, -0.2) is 4.98 Å². The van der Waals surface area contributed by atoms with Gasteiger partial charge >= 0.3 is 0 Å². The van der Waals surface area contributed by atoms with Crippen molar-refractivity contribution in [2.75, 3.05) is 13.1 Å². The molecule has 1 N–H and O–H groups in total. The lowest BCUT2D eigenvalue weighted by Gasteiger charge is -2.29. The maximum Gasteiger partial charge on any atom is 0.262 e. The summed E-state index contributed by atoms with van der Waals surface area (Å²) in [7, 11) is 0. The van der Waals surface area contributed by atoms with Crippen LogP contribution in [0.3, 0.4) is 0 Å². The van der Waals surface area contributed by atoms with Crippen molar-refractivity contribution in [2.24, 2.45) is 0 Å². The number of rotatable bonds is 1. The van der Waals surface area contributed by atoms with Crippen LogP contribution in [0.5, 0.6) is 0 Å². The molecule has 0 radical (unpaired) electrons. The molecule has 1 aromatic heterocycles. The van der Waals surface area contributed by atoms with E-state index in [1.165, 1.54) is 0 Å². The van der Waals surface area contributed by atoms with Gasteiger partial charge in [-0.2, -0.15) is 0 Å². The minimum atomic E-state index is -0.0374. The number of benzene rings is 1. The zero-order valence-corrected chi connectivity index (χ0v) is 10.2. The van der Waals surface area contributed by atoms with Crippen LogP contribution in [0, 0.1) is 6.92 Å². The molecule has 1 aromatic carbocycles. The van der Waals surface area contributed by atoms with E-state index in [1.54, 1.807) is 4.57 Å². The van der Waals surface area contributed by atoms with Crippen molar-refractivity contribution in [3.63, 3.8) is 0 Å². The zero-order chi connectivity index (χ0) is 12.0. The highest BCUT2D eigenvalue weighted by atomic mass is 35.5. The minimum Gasteiger partial charge on any atom is -0.313 e. The molecule has 2 aromatic rings. The Morgan fingerprint density at radius 3 is 2.88 bits per heavy atom. The molecular formula is C12H12ClN3O. The number of hydrogen-bond donors (Lipinski definition) is 1. The number of hydrogen-bond acceptors (Lipinski definition) is 3. The van der Waals surface area contributed by atoms with Crippen LogP contribution in [0.2, 0.25) is 5.28 Å². The predicted octanol–water partition coefficient (Wildman–Crippen LogP) is 1.50. The summed E-state index contributed by atoms with van der Waals surface area (Å²) in [4.78, 5) is 16.7. The number of halogens is 1. The molecule has 0 saturated carbocycles. The van der Waals surface area contributed by atoms with Crippen molar-refractivity contribution in [1.29, 1.82) is 0 Å². The van der Waals surface area contributed by atoms with Gasteiger partial charge in [0.25, 0.3) is 5.56 Å². The summed E-state index contributed by atoms with van der Waals surface area (Å²) in [6, 6.07) is 5.75. The fourth-order valence-electron chi connectivity index (χ4n) is 2.15. The van der Waals surface area contributed by atoms with E-state index in [2.05, 4.69) is 10.3 Å². The van der Waals surface area contributed by atoms with Crippen LogP contribution < -0.4 is 10.9 Å². The molecule has 17 heavy (non-hydrogen) atoms. The van der Waals surface area contributed by atoms with Crippen molar-refractivity contribution in [3.05, 3.63) is 39.4 Å². The first-order valence-electron chi connectivity index (χ1n) is 5.56. The quantitative estimate of drug-likeness (QED) is 0.780. The Labute approximate surface area is 103 Å². The summed E-state index contributed by atoms with van der Waals surface area (Å²) in [6.07, 6.45) is 0. The lowest BCUT2D eigenvalue weighted by atomic mass is 10.1. The Hall–Kier alpha value is -1.39. The Balaban J connectivity index is 2.37. The van der Waals surface area contributed by atoms with E-state index in [0.29, 0.717) is 10.9 Å². The highest BCUT2D eigenvalue weighted by molar-refractivity contribution is 6.28. The number of nitrogens with zero attached hydrogens (tertiary/aromatic N) is 2. The smallest absolute Gasteiger partial charge is 0.262 e. The van der Waals surface area contributed by atoms with E-state index >= 15 is 0 Å². The lowest BCUT2D eigenvalue weighted by Crippen LogP contribution is -2.47. The van der Waals surface area contributed by atoms with Crippen molar-refractivity contribution in [2.45, 2.75) is 13.0 Å². The summed E-state index contributed by atoms with van der Waals surface area (Å²) >= 11 is 6.09. The summed E-state index contributed by atoms with van der Waals surface area (Å²) in [6.45, 7) is 3.47. The molecule has 2 heterocycles. The molecule has 0 unspecified atom stereocenters. The highest BCUT2D eigenvalue weighted by Crippen LogP contribution is 2.19. The Bertz CT molecular complexity index is 646. The highest BCUT2D eigenvalue weighted by Gasteiger charge is 2.23. The largest absolute Gasteiger partial charge is 0.313 e. The fourth-order valence-corrected chi connectivity index (χ4v) is 2.46. The minimum absolute atomic E-state index is 0.0374. The summed E-state index contributed by atoms with van der Waals surface area (Å²) < 4.78 is 1.59. The molecule has 0 spiro atoms. The van der Waals surface area contributed by atoms with E-state index in [1.807, 2.05) is 25.1 Å². The number of fused-ring (bicyclic) bond motifs is 1. The van der Waals surface area contributed by atoms with Crippen LogP contribution in [-0.2, 0) is 0 Å². The van der Waals surface area contributed by atoms with Gasteiger partial charge in [0.05, 0.1) is 16.9 Å². The van der Waals surface area contributed by atoms with E-state index in [-0.39, 0.29) is 16.9 Å². The summed E-state index contributed by atoms with van der Waals surface area (Å²) in [5.41, 5.74) is 1.57. The molecule has 1 saturated heterocycles. The van der Waals surface area contributed by atoms with Crippen LogP contribution >= 0.6 is 11.6 Å². The number of aromatic nitrogens is 2. The molecule has 5 heteroatoms. The van der Waals surface area contributed by atoms with Crippen molar-refractivity contribution in [1.82, 2.24) is 14.9 Å². The average Bonchev–Trinajstić information content (AvgIpc) is 2.21. The van der Waals surface area contributed by atoms with Gasteiger partial charge in [-0.3, -0.25) is 9.36 Å². The normalized spacial score (nSPS) is 16.1. The molecule has 1 aliphatic heterocycles. The van der Waals surface area contributed by atoms with Crippen LogP contribution in [-0.4, -0.2) is 22.6 Å². The first kappa shape index (κ1) is 10.7. The van der Waals surface area contributed by atoms with Gasteiger partial charge in [-0.15, -0.1) is 0 Å². The molecule has 1 fully saturated rings. The van der Waals surface area contributed by atoms with Crippen molar-refractivity contribution < 1.29 is 0 Å². The molecule has 0 atom stereocenters.